The van der Waals surface area contributed by atoms with Crippen LogP contribution in [0.1, 0.15) is 17.5 Å². The highest BCUT2D eigenvalue weighted by molar-refractivity contribution is 6.08. The van der Waals surface area contributed by atoms with Gasteiger partial charge in [-0.3, -0.25) is 4.79 Å². The summed E-state index contributed by atoms with van der Waals surface area (Å²) in [4.78, 5) is 25.8. The van der Waals surface area contributed by atoms with E-state index in [1.54, 1.807) is 0 Å². The number of esters is 1. The van der Waals surface area contributed by atoms with E-state index in [9.17, 15) is 9.59 Å². The molecule has 1 aromatic carbocycles. The lowest BCUT2D eigenvalue weighted by Gasteiger charge is -2.15. The minimum atomic E-state index is -0.526. The van der Waals surface area contributed by atoms with Crippen LogP contribution >= 0.6 is 0 Å². The number of nitrogens with one attached hydrogen (secondary N) is 1. The number of fused-ring (bicyclic) bond motifs is 1. The number of hydrogen-bond acceptors (Lipinski definition) is 5. The third kappa shape index (κ3) is 2.94. The molecule has 0 bridgehead atoms. The zero-order valence-corrected chi connectivity index (χ0v) is 13.1. The largest absolute Gasteiger partial charge is 0.466 e. The van der Waals surface area contributed by atoms with Crippen LogP contribution in [0.4, 0.5) is 5.69 Å². The second kappa shape index (κ2) is 6.42. The number of carbonyl (C=O) groups excluding carboxylic acids is 2. The average molecular weight is 316 g/mol. The number of anilines is 1. The molecule has 0 radical (unpaired) electrons. The molecule has 0 saturated heterocycles. The number of aryl methyl sites for hydroxylation is 2. The van der Waals surface area contributed by atoms with Gasteiger partial charge in [-0.25, -0.2) is 4.79 Å². The van der Waals surface area contributed by atoms with Crippen molar-refractivity contribution in [3.8, 4) is 0 Å². The summed E-state index contributed by atoms with van der Waals surface area (Å²) in [6.45, 7) is 0.195. The normalized spacial score (nSPS) is 16.8. The third-order valence-corrected chi connectivity index (χ3v) is 4.32. The van der Waals surface area contributed by atoms with E-state index in [-0.39, 0.29) is 31.3 Å². The van der Waals surface area contributed by atoms with Gasteiger partial charge in [-0.2, -0.15) is 0 Å². The maximum absolute atomic E-state index is 12.5. The summed E-state index contributed by atoms with van der Waals surface area (Å²) in [6, 6.07) is 6.02. The summed E-state index contributed by atoms with van der Waals surface area (Å²) >= 11 is 0. The first-order valence-electron chi connectivity index (χ1n) is 7.74. The number of benzene rings is 1. The van der Waals surface area contributed by atoms with Gasteiger partial charge >= 0.3 is 5.97 Å². The van der Waals surface area contributed by atoms with Gasteiger partial charge in [-0.1, -0.05) is 6.07 Å². The molecule has 23 heavy (non-hydrogen) atoms. The summed E-state index contributed by atoms with van der Waals surface area (Å²) in [5.74, 6) is -0.817. The van der Waals surface area contributed by atoms with Gasteiger partial charge in [-0.05, 0) is 42.5 Å². The molecule has 0 fully saturated rings. The van der Waals surface area contributed by atoms with Crippen LogP contribution < -0.4 is 5.32 Å². The van der Waals surface area contributed by atoms with E-state index in [1.807, 2.05) is 12.1 Å². The van der Waals surface area contributed by atoms with Crippen LogP contribution in [0.2, 0.25) is 0 Å². The molecule has 1 heterocycles. The zero-order chi connectivity index (χ0) is 16.4. The molecule has 0 spiro atoms. The van der Waals surface area contributed by atoms with E-state index in [0.717, 1.165) is 24.9 Å². The smallest absolute Gasteiger partial charge is 0.337 e. The quantitative estimate of drug-likeness (QED) is 0.787. The number of hydrogen-bond donors (Lipinski definition) is 2. The monoisotopic (exact) mass is 316 g/mol. The number of amides is 1. The van der Waals surface area contributed by atoms with Crippen molar-refractivity contribution in [3.63, 3.8) is 0 Å². The van der Waals surface area contributed by atoms with E-state index in [2.05, 4.69) is 11.4 Å². The molecule has 6 nitrogen and oxygen atoms in total. The molecule has 1 aromatic rings. The Balaban J connectivity index is 1.88. The molecule has 1 aliphatic heterocycles. The molecular weight excluding hydrogens is 296 g/mol. The number of aliphatic hydroxyl groups excluding tert-OH is 1. The van der Waals surface area contributed by atoms with Crippen molar-refractivity contribution in [1.29, 1.82) is 0 Å². The van der Waals surface area contributed by atoms with Crippen LogP contribution in [-0.2, 0) is 27.2 Å². The van der Waals surface area contributed by atoms with Crippen molar-refractivity contribution in [2.75, 3.05) is 32.1 Å². The number of nitrogens with zero attached hydrogens (tertiary/aromatic N) is 1. The van der Waals surface area contributed by atoms with Crippen molar-refractivity contribution in [2.24, 2.45) is 0 Å². The van der Waals surface area contributed by atoms with Gasteiger partial charge < -0.3 is 20.1 Å². The molecule has 0 atom stereocenters. The molecule has 1 amide bonds. The Labute approximate surface area is 134 Å². The maximum Gasteiger partial charge on any atom is 0.337 e. The van der Waals surface area contributed by atoms with Crippen LogP contribution in [0, 0.1) is 0 Å². The summed E-state index contributed by atoms with van der Waals surface area (Å²) < 4.78 is 4.77. The van der Waals surface area contributed by atoms with Crippen molar-refractivity contribution < 1.29 is 19.4 Å². The predicted octanol–water partition coefficient (Wildman–Crippen LogP) is 0.849. The van der Waals surface area contributed by atoms with E-state index in [4.69, 9.17) is 9.84 Å². The lowest BCUT2D eigenvalue weighted by Crippen LogP contribution is -2.31. The molecular formula is C17H20N2O4. The van der Waals surface area contributed by atoms with Gasteiger partial charge in [0.2, 0.25) is 0 Å². The summed E-state index contributed by atoms with van der Waals surface area (Å²) in [7, 11) is 1.29. The van der Waals surface area contributed by atoms with Crippen LogP contribution in [-0.4, -0.2) is 48.7 Å². The van der Waals surface area contributed by atoms with Crippen LogP contribution in [0.25, 0.3) is 0 Å². The standard InChI is InChI=1S/C17H20N2O4/c1-23-17(22)14-10-19(7-8-20)16(21)15(14)18-13-6-5-11-3-2-4-12(11)9-13/h5-6,9,18,20H,2-4,7-8,10H2,1H3. The molecule has 6 heteroatoms. The second-order valence-corrected chi connectivity index (χ2v) is 5.76. The van der Waals surface area contributed by atoms with E-state index >= 15 is 0 Å². The highest BCUT2D eigenvalue weighted by atomic mass is 16.5. The van der Waals surface area contributed by atoms with Crippen LogP contribution in [0.3, 0.4) is 0 Å². The molecule has 3 rings (SSSR count). The number of methoxy groups -OCH3 is 1. The van der Waals surface area contributed by atoms with Crippen LogP contribution in [0.5, 0.6) is 0 Å². The van der Waals surface area contributed by atoms with Gasteiger partial charge in [0, 0.05) is 12.2 Å². The Morgan fingerprint density at radius 1 is 1.35 bits per heavy atom. The Morgan fingerprint density at radius 2 is 2.13 bits per heavy atom. The second-order valence-electron chi connectivity index (χ2n) is 5.76. The predicted molar refractivity (Wildman–Crippen MR) is 84.8 cm³/mol. The average Bonchev–Trinajstić information content (AvgIpc) is 3.13. The molecule has 0 unspecified atom stereocenters. The van der Waals surface area contributed by atoms with E-state index in [0.29, 0.717) is 5.57 Å². The Kier molecular flexibility index (Phi) is 4.34. The van der Waals surface area contributed by atoms with Crippen molar-refractivity contribution >= 4 is 17.6 Å². The lowest BCUT2D eigenvalue weighted by atomic mass is 10.1. The lowest BCUT2D eigenvalue weighted by molar-refractivity contribution is -0.136. The Morgan fingerprint density at radius 3 is 2.87 bits per heavy atom. The van der Waals surface area contributed by atoms with E-state index < -0.39 is 5.97 Å². The molecule has 122 valence electrons. The zero-order valence-electron chi connectivity index (χ0n) is 13.1. The number of rotatable bonds is 5. The first-order chi connectivity index (χ1) is 11.1. The summed E-state index contributed by atoms with van der Waals surface area (Å²) in [5.41, 5.74) is 3.96. The molecule has 1 aliphatic carbocycles. The van der Waals surface area contributed by atoms with Crippen LogP contribution in [0.15, 0.2) is 29.5 Å². The fraction of sp³-hybridized carbons (Fsp3) is 0.412. The first-order valence-corrected chi connectivity index (χ1v) is 7.74. The fourth-order valence-electron chi connectivity index (χ4n) is 3.14. The fourth-order valence-corrected chi connectivity index (χ4v) is 3.14. The minimum Gasteiger partial charge on any atom is -0.466 e. The Bertz CT molecular complexity index is 681. The van der Waals surface area contributed by atoms with Crippen molar-refractivity contribution in [3.05, 3.63) is 40.6 Å². The van der Waals surface area contributed by atoms with E-state index in [1.165, 1.54) is 23.1 Å². The van der Waals surface area contributed by atoms with Gasteiger partial charge in [0.05, 0.1) is 25.8 Å². The van der Waals surface area contributed by atoms with Gasteiger partial charge in [0.15, 0.2) is 0 Å². The first kappa shape index (κ1) is 15.6. The van der Waals surface area contributed by atoms with Crippen molar-refractivity contribution in [1.82, 2.24) is 4.90 Å². The number of aliphatic hydroxyl groups is 1. The van der Waals surface area contributed by atoms with Gasteiger partial charge in [0.25, 0.3) is 5.91 Å². The number of β-amino-alcohol motifs (C(OH)–C–C–N with tert-alkyl or cyclic N) is 1. The van der Waals surface area contributed by atoms with Gasteiger partial charge in [-0.15, -0.1) is 0 Å². The SMILES string of the molecule is COC(=O)C1=C(Nc2ccc3c(c2)CCC3)C(=O)N(CCO)C1. The highest BCUT2D eigenvalue weighted by Gasteiger charge is 2.34. The number of ether oxygens (including phenoxy) is 1. The summed E-state index contributed by atoms with van der Waals surface area (Å²) in [5, 5.41) is 12.1. The minimum absolute atomic E-state index is 0.147. The maximum atomic E-state index is 12.5. The summed E-state index contributed by atoms with van der Waals surface area (Å²) in [6.07, 6.45) is 3.28. The molecule has 2 aliphatic rings. The highest BCUT2D eigenvalue weighted by Crippen LogP contribution is 2.27. The molecule has 0 saturated carbocycles. The number of carbonyl (C=O) groups is 2. The topological polar surface area (TPSA) is 78.9 Å². The molecule has 2 N–H and O–H groups in total. The Hall–Kier alpha value is -2.34. The van der Waals surface area contributed by atoms with Crippen molar-refractivity contribution in [2.45, 2.75) is 19.3 Å². The van der Waals surface area contributed by atoms with Gasteiger partial charge in [0.1, 0.15) is 5.70 Å². The third-order valence-electron chi connectivity index (χ3n) is 4.32. The molecule has 0 aromatic heterocycles.